The molecule has 2 amide bonds. The molecular weight excluding hydrogens is 324 g/mol. The van der Waals surface area contributed by atoms with Crippen molar-refractivity contribution in [1.82, 2.24) is 5.32 Å². The molecule has 2 N–H and O–H groups in total. The lowest BCUT2D eigenvalue weighted by Gasteiger charge is -2.07. The normalized spacial score (nSPS) is 10.1. The Hall–Kier alpha value is -2.08. The van der Waals surface area contributed by atoms with E-state index in [1.807, 2.05) is 13.0 Å². The highest BCUT2D eigenvalue weighted by Crippen LogP contribution is 2.20. The van der Waals surface area contributed by atoms with Crippen LogP contribution in [0.5, 0.6) is 0 Å². The van der Waals surface area contributed by atoms with Crippen molar-refractivity contribution in [3.8, 4) is 0 Å². The quantitative estimate of drug-likeness (QED) is 0.846. The zero-order valence-electron chi connectivity index (χ0n) is 10.8. The Kier molecular flexibility index (Phi) is 4.57. The molecule has 1 aromatic carbocycles. The zero-order chi connectivity index (χ0) is 14.5. The van der Waals surface area contributed by atoms with Gasteiger partial charge >= 0.3 is 11.8 Å². The van der Waals surface area contributed by atoms with Gasteiger partial charge in [-0.3, -0.25) is 9.59 Å². The van der Waals surface area contributed by atoms with Crippen molar-refractivity contribution in [3.05, 3.63) is 52.4 Å². The second-order valence-electron chi connectivity index (χ2n) is 4.18. The molecule has 104 valence electrons. The molecule has 6 heteroatoms. The van der Waals surface area contributed by atoms with E-state index < -0.39 is 11.8 Å². The fourth-order valence-corrected chi connectivity index (χ4v) is 1.90. The summed E-state index contributed by atoms with van der Waals surface area (Å²) in [5.41, 5.74) is 1.60. The topological polar surface area (TPSA) is 71.3 Å². The molecule has 1 aromatic heterocycles. The Bertz CT molecular complexity index is 623. The van der Waals surface area contributed by atoms with Crippen LogP contribution in [-0.2, 0) is 16.1 Å². The molecule has 0 aliphatic carbocycles. The highest BCUT2D eigenvalue weighted by atomic mass is 79.9. The maximum Gasteiger partial charge on any atom is 0.313 e. The fraction of sp³-hybridized carbons (Fsp3) is 0.143. The maximum absolute atomic E-state index is 11.7. The average molecular weight is 337 g/mol. The van der Waals surface area contributed by atoms with Crippen molar-refractivity contribution < 1.29 is 14.0 Å². The minimum Gasteiger partial charge on any atom is -0.467 e. The summed E-state index contributed by atoms with van der Waals surface area (Å²) in [6.45, 7) is 2.11. The molecule has 20 heavy (non-hydrogen) atoms. The van der Waals surface area contributed by atoms with Crippen LogP contribution in [0.25, 0.3) is 0 Å². The number of benzene rings is 1. The van der Waals surface area contributed by atoms with E-state index >= 15 is 0 Å². The van der Waals surface area contributed by atoms with E-state index in [9.17, 15) is 9.59 Å². The number of furan rings is 1. The Morgan fingerprint density at radius 2 is 2.05 bits per heavy atom. The molecular formula is C14H13BrN2O3. The summed E-state index contributed by atoms with van der Waals surface area (Å²) in [4.78, 5) is 23.3. The number of halogens is 1. The molecule has 0 atom stereocenters. The van der Waals surface area contributed by atoms with E-state index in [0.29, 0.717) is 11.4 Å². The van der Waals surface area contributed by atoms with Crippen LogP contribution in [0.3, 0.4) is 0 Å². The molecule has 0 saturated heterocycles. The molecule has 2 rings (SSSR count). The highest BCUT2D eigenvalue weighted by molar-refractivity contribution is 9.10. The van der Waals surface area contributed by atoms with Crippen LogP contribution in [0.4, 0.5) is 5.69 Å². The number of rotatable bonds is 3. The molecule has 0 bridgehead atoms. The molecule has 1 heterocycles. The van der Waals surface area contributed by atoms with E-state index in [2.05, 4.69) is 26.6 Å². The van der Waals surface area contributed by atoms with Crippen LogP contribution in [0.2, 0.25) is 0 Å². The molecule has 2 aromatic rings. The Balaban J connectivity index is 1.90. The van der Waals surface area contributed by atoms with Gasteiger partial charge in [-0.25, -0.2) is 0 Å². The van der Waals surface area contributed by atoms with Crippen molar-refractivity contribution in [3.63, 3.8) is 0 Å². The lowest BCUT2D eigenvalue weighted by molar-refractivity contribution is -0.136. The first kappa shape index (κ1) is 14.3. The standard InChI is InChI=1S/C14H13BrN2O3/c1-9-4-5-10(7-12(9)15)17-14(19)13(18)16-8-11-3-2-6-20-11/h2-7H,8H2,1H3,(H,16,18)(H,17,19). The summed E-state index contributed by atoms with van der Waals surface area (Å²) in [6.07, 6.45) is 1.51. The van der Waals surface area contributed by atoms with Crippen LogP contribution < -0.4 is 10.6 Å². The minimum absolute atomic E-state index is 0.177. The van der Waals surface area contributed by atoms with E-state index in [-0.39, 0.29) is 6.54 Å². The first-order chi connectivity index (χ1) is 9.56. The van der Waals surface area contributed by atoms with Gasteiger partial charge in [-0.1, -0.05) is 22.0 Å². The van der Waals surface area contributed by atoms with E-state index in [0.717, 1.165) is 10.0 Å². The fourth-order valence-electron chi connectivity index (χ4n) is 1.52. The number of anilines is 1. The lowest BCUT2D eigenvalue weighted by Crippen LogP contribution is -2.34. The van der Waals surface area contributed by atoms with Gasteiger partial charge in [0, 0.05) is 10.2 Å². The van der Waals surface area contributed by atoms with E-state index in [1.165, 1.54) is 6.26 Å². The molecule has 5 nitrogen and oxygen atoms in total. The summed E-state index contributed by atoms with van der Waals surface area (Å²) in [5, 5.41) is 5.00. The van der Waals surface area contributed by atoms with Crippen molar-refractivity contribution in [1.29, 1.82) is 0 Å². The van der Waals surface area contributed by atoms with Crippen LogP contribution in [0.1, 0.15) is 11.3 Å². The van der Waals surface area contributed by atoms with Gasteiger partial charge in [-0.15, -0.1) is 0 Å². The molecule has 0 aliphatic heterocycles. The molecule has 0 aliphatic rings. The highest BCUT2D eigenvalue weighted by Gasteiger charge is 2.14. The number of amides is 2. The third-order valence-corrected chi connectivity index (χ3v) is 3.49. The first-order valence-corrected chi connectivity index (χ1v) is 6.73. The van der Waals surface area contributed by atoms with Crippen molar-refractivity contribution in [2.75, 3.05) is 5.32 Å². The van der Waals surface area contributed by atoms with Gasteiger partial charge in [0.15, 0.2) is 0 Å². The number of hydrogen-bond donors (Lipinski definition) is 2. The second-order valence-corrected chi connectivity index (χ2v) is 5.03. The Labute approximate surface area is 124 Å². The van der Waals surface area contributed by atoms with Gasteiger partial charge < -0.3 is 15.1 Å². The Morgan fingerprint density at radius 3 is 2.70 bits per heavy atom. The van der Waals surface area contributed by atoms with Crippen molar-refractivity contribution >= 4 is 33.4 Å². The third-order valence-electron chi connectivity index (χ3n) is 2.64. The van der Waals surface area contributed by atoms with Gasteiger partial charge in [0.05, 0.1) is 12.8 Å². The van der Waals surface area contributed by atoms with Crippen LogP contribution in [-0.4, -0.2) is 11.8 Å². The SMILES string of the molecule is Cc1ccc(NC(=O)C(=O)NCc2ccco2)cc1Br. The molecule has 0 radical (unpaired) electrons. The number of carbonyl (C=O) groups excluding carboxylic acids is 2. The van der Waals surface area contributed by atoms with Gasteiger partial charge in [-0.05, 0) is 36.8 Å². The molecule has 0 unspecified atom stereocenters. The predicted molar refractivity (Wildman–Crippen MR) is 78.1 cm³/mol. The van der Waals surface area contributed by atoms with Crippen molar-refractivity contribution in [2.45, 2.75) is 13.5 Å². The van der Waals surface area contributed by atoms with Gasteiger partial charge in [0.25, 0.3) is 0 Å². The van der Waals surface area contributed by atoms with Crippen LogP contribution in [0, 0.1) is 6.92 Å². The number of carbonyl (C=O) groups is 2. The summed E-state index contributed by atoms with van der Waals surface area (Å²) in [6, 6.07) is 8.76. The van der Waals surface area contributed by atoms with E-state index in [4.69, 9.17) is 4.42 Å². The zero-order valence-corrected chi connectivity index (χ0v) is 12.4. The molecule has 0 saturated carbocycles. The summed E-state index contributed by atoms with van der Waals surface area (Å²) in [5.74, 6) is -0.838. The maximum atomic E-state index is 11.7. The number of nitrogens with one attached hydrogen (secondary N) is 2. The first-order valence-electron chi connectivity index (χ1n) is 5.94. The minimum atomic E-state index is -0.715. The van der Waals surface area contributed by atoms with Crippen molar-refractivity contribution in [2.24, 2.45) is 0 Å². The number of aryl methyl sites for hydroxylation is 1. The average Bonchev–Trinajstić information content (AvgIpc) is 2.93. The van der Waals surface area contributed by atoms with Crippen LogP contribution >= 0.6 is 15.9 Å². The number of hydrogen-bond acceptors (Lipinski definition) is 3. The summed E-state index contributed by atoms with van der Waals surface area (Å²) >= 11 is 3.37. The van der Waals surface area contributed by atoms with Gasteiger partial charge in [-0.2, -0.15) is 0 Å². The lowest BCUT2D eigenvalue weighted by atomic mass is 10.2. The second kappa shape index (κ2) is 6.38. The van der Waals surface area contributed by atoms with Gasteiger partial charge in [0.1, 0.15) is 5.76 Å². The molecule has 0 spiro atoms. The largest absolute Gasteiger partial charge is 0.467 e. The summed E-state index contributed by atoms with van der Waals surface area (Å²) in [7, 11) is 0. The Morgan fingerprint density at radius 1 is 1.25 bits per heavy atom. The van der Waals surface area contributed by atoms with Crippen LogP contribution in [0.15, 0.2) is 45.5 Å². The van der Waals surface area contributed by atoms with Gasteiger partial charge in [0.2, 0.25) is 0 Å². The monoisotopic (exact) mass is 336 g/mol. The van der Waals surface area contributed by atoms with E-state index in [1.54, 1.807) is 24.3 Å². The summed E-state index contributed by atoms with van der Waals surface area (Å²) < 4.78 is 5.93. The molecule has 0 fully saturated rings. The smallest absolute Gasteiger partial charge is 0.313 e. The third kappa shape index (κ3) is 3.71. The predicted octanol–water partition coefficient (Wildman–Crippen LogP) is 2.61.